The molecule has 4 nitrogen and oxygen atoms in total. The normalized spacial score (nSPS) is 11.9. The average Bonchev–Trinajstić information content (AvgIpc) is 2.81. The van der Waals surface area contributed by atoms with E-state index < -0.39 is 22.4 Å². The average molecular weight is 305 g/mol. The maximum Gasteiger partial charge on any atom is 0.268 e. The Morgan fingerprint density at radius 2 is 1.62 bits per heavy atom. The molecule has 0 spiro atoms. The molecule has 0 bridgehead atoms. The Hall–Kier alpha value is -2.18. The minimum atomic E-state index is -3.97. The van der Waals surface area contributed by atoms with E-state index in [0.29, 0.717) is 0 Å². The van der Waals surface area contributed by atoms with Crippen molar-refractivity contribution in [2.45, 2.75) is 11.5 Å². The summed E-state index contributed by atoms with van der Waals surface area (Å²) in [7, 11) is -3.97. The molecule has 1 aromatic heterocycles. The quantitative estimate of drug-likeness (QED) is 0.809. The van der Waals surface area contributed by atoms with Crippen LogP contribution in [0.5, 0.6) is 0 Å². The number of aliphatic hydroxyl groups excluding tert-OH is 1. The largest absolute Gasteiger partial charge is 0.390 e. The molecule has 1 N–H and O–H groups in total. The molecule has 3 rings (SSSR count). The second-order valence-corrected chi connectivity index (χ2v) is 6.31. The van der Waals surface area contributed by atoms with Gasteiger partial charge in [0.1, 0.15) is 0 Å². The van der Waals surface area contributed by atoms with Crippen LogP contribution in [0.2, 0.25) is 0 Å². The summed E-state index contributed by atoms with van der Waals surface area (Å²) in [6.45, 7) is -0.702. The molecule has 0 atom stereocenters. The van der Waals surface area contributed by atoms with Crippen LogP contribution in [0.1, 0.15) is 5.69 Å². The summed E-state index contributed by atoms with van der Waals surface area (Å²) in [4.78, 5) is 0.0421. The van der Waals surface area contributed by atoms with Gasteiger partial charge in [0.2, 0.25) is 0 Å². The lowest BCUT2D eigenvalue weighted by molar-refractivity contribution is 0.270. The minimum absolute atomic E-state index is 0.0421. The number of para-hydroxylation sites is 1. The topological polar surface area (TPSA) is 59.3 Å². The highest BCUT2D eigenvalue weighted by molar-refractivity contribution is 7.90. The summed E-state index contributed by atoms with van der Waals surface area (Å²) in [5, 5.41) is 9.55. The summed E-state index contributed by atoms with van der Waals surface area (Å²) >= 11 is 0. The van der Waals surface area contributed by atoms with Gasteiger partial charge in [-0.2, -0.15) is 0 Å². The number of hydrogen-bond donors (Lipinski definition) is 1. The molecule has 0 aliphatic heterocycles. The van der Waals surface area contributed by atoms with E-state index in [2.05, 4.69) is 0 Å². The maximum absolute atomic E-state index is 14.3. The molecule has 108 valence electrons. The van der Waals surface area contributed by atoms with Gasteiger partial charge >= 0.3 is 0 Å². The molecule has 6 heteroatoms. The summed E-state index contributed by atoms with van der Waals surface area (Å²) in [5.41, 5.74) is -0.0528. The number of benzene rings is 2. The van der Waals surface area contributed by atoms with Gasteiger partial charge in [0.05, 0.1) is 22.7 Å². The van der Waals surface area contributed by atoms with Crippen LogP contribution < -0.4 is 0 Å². The molecule has 0 amide bonds. The van der Waals surface area contributed by atoms with Gasteiger partial charge in [-0.1, -0.05) is 30.3 Å². The third-order valence-electron chi connectivity index (χ3n) is 3.29. The first-order valence-corrected chi connectivity index (χ1v) is 7.70. The van der Waals surface area contributed by atoms with E-state index in [4.69, 9.17) is 0 Å². The molecular formula is C15H12FNO3S. The van der Waals surface area contributed by atoms with E-state index in [1.54, 1.807) is 30.3 Å². The molecule has 0 aliphatic carbocycles. The van der Waals surface area contributed by atoms with Crippen LogP contribution in [0.4, 0.5) is 4.39 Å². The first-order valence-electron chi connectivity index (χ1n) is 6.26. The predicted molar refractivity (Wildman–Crippen MR) is 76.8 cm³/mol. The fourth-order valence-electron chi connectivity index (χ4n) is 2.33. The zero-order valence-corrected chi connectivity index (χ0v) is 11.7. The number of halogens is 1. The Morgan fingerprint density at radius 3 is 2.29 bits per heavy atom. The highest BCUT2D eigenvalue weighted by atomic mass is 32.2. The molecule has 0 unspecified atom stereocenters. The molecule has 0 saturated carbocycles. The lowest BCUT2D eigenvalue weighted by Gasteiger charge is -2.10. The van der Waals surface area contributed by atoms with Gasteiger partial charge in [-0.25, -0.2) is 16.8 Å². The number of rotatable bonds is 3. The van der Waals surface area contributed by atoms with Crippen LogP contribution in [0.25, 0.3) is 10.9 Å². The highest BCUT2D eigenvalue weighted by Gasteiger charge is 2.26. The van der Waals surface area contributed by atoms with Crippen LogP contribution in [0.15, 0.2) is 59.5 Å². The van der Waals surface area contributed by atoms with E-state index in [-0.39, 0.29) is 21.5 Å². The van der Waals surface area contributed by atoms with Crippen molar-refractivity contribution in [2.75, 3.05) is 0 Å². The Kier molecular flexibility index (Phi) is 3.27. The number of aromatic nitrogens is 1. The minimum Gasteiger partial charge on any atom is -0.390 e. The maximum atomic E-state index is 14.3. The molecule has 0 aliphatic rings. The Balaban J connectivity index is 2.40. The van der Waals surface area contributed by atoms with Gasteiger partial charge < -0.3 is 5.11 Å². The van der Waals surface area contributed by atoms with Crippen LogP contribution in [-0.4, -0.2) is 17.5 Å². The zero-order valence-electron chi connectivity index (χ0n) is 10.9. The van der Waals surface area contributed by atoms with Crippen molar-refractivity contribution in [3.05, 3.63) is 66.1 Å². The zero-order chi connectivity index (χ0) is 15.0. The Labute approximate surface area is 121 Å². The standard InChI is InChI=1S/C15H12FNO3S/c16-15-12-8-4-5-9-13(12)17(14(15)10-18)21(19,20)11-6-2-1-3-7-11/h1-9,18H,10H2. The molecule has 3 aromatic rings. The van der Waals surface area contributed by atoms with E-state index in [1.807, 2.05) is 0 Å². The van der Waals surface area contributed by atoms with Crippen molar-refractivity contribution in [1.29, 1.82) is 0 Å². The first kappa shape index (κ1) is 13.8. The SMILES string of the molecule is O=S(=O)(c1ccccc1)n1c(CO)c(F)c2ccccc21. The number of fused-ring (bicyclic) bond motifs is 1. The summed E-state index contributed by atoms with van der Waals surface area (Å²) in [6, 6.07) is 14.0. The Bertz CT molecular complexity index is 901. The fourth-order valence-corrected chi connectivity index (χ4v) is 3.89. The van der Waals surface area contributed by atoms with Gasteiger partial charge in [0.15, 0.2) is 5.82 Å². The van der Waals surface area contributed by atoms with Crippen LogP contribution in [0, 0.1) is 5.82 Å². The summed E-state index contributed by atoms with van der Waals surface area (Å²) in [5.74, 6) is -0.715. The molecule has 0 fully saturated rings. The van der Waals surface area contributed by atoms with Crippen molar-refractivity contribution < 1.29 is 17.9 Å². The lowest BCUT2D eigenvalue weighted by atomic mass is 10.2. The van der Waals surface area contributed by atoms with Crippen molar-refractivity contribution in [3.63, 3.8) is 0 Å². The molecular weight excluding hydrogens is 293 g/mol. The van der Waals surface area contributed by atoms with Crippen molar-refractivity contribution in [3.8, 4) is 0 Å². The monoisotopic (exact) mass is 305 g/mol. The molecule has 2 aromatic carbocycles. The van der Waals surface area contributed by atoms with Crippen LogP contribution >= 0.6 is 0 Å². The van der Waals surface area contributed by atoms with E-state index >= 15 is 0 Å². The second kappa shape index (κ2) is 4.98. The van der Waals surface area contributed by atoms with Gasteiger partial charge in [-0.3, -0.25) is 0 Å². The lowest BCUT2D eigenvalue weighted by Crippen LogP contribution is -2.16. The molecule has 0 saturated heterocycles. The molecule has 1 heterocycles. The smallest absolute Gasteiger partial charge is 0.268 e. The van der Waals surface area contributed by atoms with Crippen LogP contribution in [-0.2, 0) is 16.6 Å². The highest BCUT2D eigenvalue weighted by Crippen LogP contribution is 2.29. The third-order valence-corrected chi connectivity index (χ3v) is 5.05. The third kappa shape index (κ3) is 2.03. The molecule has 0 radical (unpaired) electrons. The van der Waals surface area contributed by atoms with Crippen molar-refractivity contribution in [2.24, 2.45) is 0 Å². The second-order valence-electron chi connectivity index (χ2n) is 4.52. The van der Waals surface area contributed by atoms with Crippen molar-refractivity contribution in [1.82, 2.24) is 3.97 Å². The van der Waals surface area contributed by atoms with Gasteiger partial charge in [0, 0.05) is 5.39 Å². The molecule has 21 heavy (non-hydrogen) atoms. The van der Waals surface area contributed by atoms with Gasteiger partial charge in [0.25, 0.3) is 10.0 Å². The summed E-state index contributed by atoms with van der Waals surface area (Å²) in [6.07, 6.45) is 0. The van der Waals surface area contributed by atoms with E-state index in [9.17, 15) is 17.9 Å². The van der Waals surface area contributed by atoms with Crippen molar-refractivity contribution >= 4 is 20.9 Å². The predicted octanol–water partition coefficient (Wildman–Crippen LogP) is 2.51. The summed E-state index contributed by atoms with van der Waals surface area (Å²) < 4.78 is 40.6. The van der Waals surface area contributed by atoms with Gasteiger partial charge in [-0.15, -0.1) is 0 Å². The number of nitrogens with zero attached hydrogens (tertiary/aromatic N) is 1. The van der Waals surface area contributed by atoms with Gasteiger partial charge in [-0.05, 0) is 24.3 Å². The van der Waals surface area contributed by atoms with Crippen LogP contribution in [0.3, 0.4) is 0 Å². The fraction of sp³-hybridized carbons (Fsp3) is 0.0667. The van der Waals surface area contributed by atoms with E-state index in [0.717, 1.165) is 3.97 Å². The van der Waals surface area contributed by atoms with E-state index in [1.165, 1.54) is 24.3 Å². The number of hydrogen-bond acceptors (Lipinski definition) is 3. The Morgan fingerprint density at radius 1 is 1.00 bits per heavy atom. The first-order chi connectivity index (χ1) is 10.1. The number of aliphatic hydroxyl groups is 1.